The van der Waals surface area contributed by atoms with Crippen LogP contribution < -0.4 is 0 Å². The van der Waals surface area contributed by atoms with Gasteiger partial charge in [0, 0.05) is 0 Å². The summed E-state index contributed by atoms with van der Waals surface area (Å²) in [6.45, 7) is 3.56. The molecule has 0 aliphatic heterocycles. The highest BCUT2D eigenvalue weighted by Gasteiger charge is 2.17. The Morgan fingerprint density at radius 3 is 2.36 bits per heavy atom. The van der Waals surface area contributed by atoms with Gasteiger partial charge in [0.15, 0.2) is 0 Å². The summed E-state index contributed by atoms with van der Waals surface area (Å²) in [5.41, 5.74) is 0. The van der Waals surface area contributed by atoms with Crippen LogP contribution in [0, 0.1) is 5.92 Å². The van der Waals surface area contributed by atoms with E-state index in [4.69, 9.17) is 10.2 Å². The summed E-state index contributed by atoms with van der Waals surface area (Å²) in [5, 5.41) is 17.6. The molecule has 0 heterocycles. The summed E-state index contributed by atoms with van der Waals surface area (Å²) in [6, 6.07) is 0. The van der Waals surface area contributed by atoms with Gasteiger partial charge in [0.25, 0.3) is 0 Å². The minimum atomic E-state index is -0.798. The fraction of sp³-hybridized carbons (Fsp3) is 0.875. The van der Waals surface area contributed by atoms with Crippen molar-refractivity contribution in [1.29, 1.82) is 0 Å². The normalized spacial score (nSPS) is 15.9. The van der Waals surface area contributed by atoms with Crippen molar-refractivity contribution in [2.24, 2.45) is 5.92 Å². The first-order valence-corrected chi connectivity index (χ1v) is 3.98. The molecule has 0 radical (unpaired) electrons. The summed E-state index contributed by atoms with van der Waals surface area (Å²) in [6.07, 6.45) is 1.36. The number of rotatable bonds is 5. The molecule has 0 aliphatic rings. The lowest BCUT2D eigenvalue weighted by Crippen LogP contribution is -2.18. The summed E-state index contributed by atoms with van der Waals surface area (Å²) < 4.78 is 0. The van der Waals surface area contributed by atoms with E-state index in [1.807, 2.05) is 6.92 Å². The lowest BCUT2D eigenvalue weighted by molar-refractivity contribution is -0.143. The second-order valence-electron chi connectivity index (χ2n) is 2.91. The van der Waals surface area contributed by atoms with Crippen molar-refractivity contribution in [1.82, 2.24) is 0 Å². The molecular weight excluding hydrogens is 144 g/mol. The number of aliphatic hydroxyl groups is 1. The van der Waals surface area contributed by atoms with Gasteiger partial charge >= 0.3 is 5.97 Å². The van der Waals surface area contributed by atoms with E-state index in [0.29, 0.717) is 12.8 Å². The third-order valence-electron chi connectivity index (χ3n) is 1.61. The van der Waals surface area contributed by atoms with Crippen molar-refractivity contribution in [2.75, 3.05) is 0 Å². The molecule has 11 heavy (non-hydrogen) atoms. The quantitative estimate of drug-likeness (QED) is 0.636. The molecule has 3 heteroatoms. The summed E-state index contributed by atoms with van der Waals surface area (Å²) in [5.74, 6) is -1.17. The highest BCUT2D eigenvalue weighted by atomic mass is 16.4. The maximum absolute atomic E-state index is 10.5. The third-order valence-corrected chi connectivity index (χ3v) is 1.61. The molecule has 0 aromatic carbocycles. The summed E-state index contributed by atoms with van der Waals surface area (Å²) in [4.78, 5) is 10.5. The molecule has 0 fully saturated rings. The molecule has 0 saturated heterocycles. The number of carbonyl (C=O) groups is 1. The highest BCUT2D eigenvalue weighted by molar-refractivity contribution is 5.69. The van der Waals surface area contributed by atoms with Crippen molar-refractivity contribution in [3.05, 3.63) is 0 Å². The van der Waals surface area contributed by atoms with E-state index in [-0.39, 0.29) is 5.92 Å². The SMILES string of the molecule is CCC[C@@H](C[C@@H](C)O)C(=O)O. The Bertz CT molecular complexity index is 121. The molecular formula is C8H16O3. The van der Waals surface area contributed by atoms with Crippen molar-refractivity contribution < 1.29 is 15.0 Å². The largest absolute Gasteiger partial charge is 0.481 e. The van der Waals surface area contributed by atoms with Gasteiger partial charge in [0.1, 0.15) is 0 Å². The molecule has 2 N–H and O–H groups in total. The van der Waals surface area contributed by atoms with Crippen LogP contribution in [0.5, 0.6) is 0 Å². The number of carboxylic acid groups (broad SMARTS) is 1. The van der Waals surface area contributed by atoms with Gasteiger partial charge in [0.2, 0.25) is 0 Å². The highest BCUT2D eigenvalue weighted by Crippen LogP contribution is 2.13. The van der Waals surface area contributed by atoms with Gasteiger partial charge in [-0.1, -0.05) is 13.3 Å². The van der Waals surface area contributed by atoms with Crippen LogP contribution in [0.3, 0.4) is 0 Å². The molecule has 0 unspecified atom stereocenters. The van der Waals surface area contributed by atoms with Gasteiger partial charge in [-0.2, -0.15) is 0 Å². The lowest BCUT2D eigenvalue weighted by atomic mass is 9.97. The Balaban J connectivity index is 3.79. The van der Waals surface area contributed by atoms with Crippen LogP contribution in [-0.2, 0) is 4.79 Å². The first kappa shape index (κ1) is 10.4. The first-order chi connectivity index (χ1) is 5.07. The predicted molar refractivity (Wildman–Crippen MR) is 42.3 cm³/mol. The van der Waals surface area contributed by atoms with Gasteiger partial charge < -0.3 is 10.2 Å². The molecule has 3 nitrogen and oxygen atoms in total. The molecule has 0 saturated carbocycles. The van der Waals surface area contributed by atoms with Crippen molar-refractivity contribution >= 4 is 5.97 Å². The minimum absolute atomic E-state index is 0.364. The number of aliphatic hydroxyl groups excluding tert-OH is 1. The second-order valence-corrected chi connectivity index (χ2v) is 2.91. The Morgan fingerprint density at radius 1 is 1.55 bits per heavy atom. The standard InChI is InChI=1S/C8H16O3/c1-3-4-7(8(10)11)5-6(2)9/h6-7,9H,3-5H2,1-2H3,(H,10,11)/t6-,7+/m1/s1. The summed E-state index contributed by atoms with van der Waals surface area (Å²) >= 11 is 0. The molecule has 2 atom stereocenters. The fourth-order valence-corrected chi connectivity index (χ4v) is 1.10. The summed E-state index contributed by atoms with van der Waals surface area (Å²) in [7, 11) is 0. The topological polar surface area (TPSA) is 57.5 Å². The van der Waals surface area contributed by atoms with Gasteiger partial charge in [-0.25, -0.2) is 0 Å². The van der Waals surface area contributed by atoms with Crippen LogP contribution >= 0.6 is 0 Å². The van der Waals surface area contributed by atoms with E-state index in [1.54, 1.807) is 6.92 Å². The Hall–Kier alpha value is -0.570. The number of hydrogen-bond acceptors (Lipinski definition) is 2. The average Bonchev–Trinajstić information content (AvgIpc) is 1.86. The van der Waals surface area contributed by atoms with Crippen molar-refractivity contribution in [2.45, 2.75) is 39.2 Å². The molecule has 0 aliphatic carbocycles. The molecule has 0 bridgehead atoms. The first-order valence-electron chi connectivity index (χ1n) is 3.98. The zero-order chi connectivity index (χ0) is 8.85. The number of carboxylic acids is 1. The zero-order valence-electron chi connectivity index (χ0n) is 7.08. The van der Waals surface area contributed by atoms with E-state index >= 15 is 0 Å². The lowest BCUT2D eigenvalue weighted by Gasteiger charge is -2.12. The van der Waals surface area contributed by atoms with E-state index in [2.05, 4.69) is 0 Å². The monoisotopic (exact) mass is 160 g/mol. The van der Waals surface area contributed by atoms with Crippen LogP contribution in [0.25, 0.3) is 0 Å². The van der Waals surface area contributed by atoms with Gasteiger partial charge in [-0.15, -0.1) is 0 Å². The molecule has 66 valence electrons. The van der Waals surface area contributed by atoms with E-state index in [0.717, 1.165) is 6.42 Å². The Kier molecular flexibility index (Phi) is 4.86. The molecule has 0 amide bonds. The predicted octanol–water partition coefficient (Wildman–Crippen LogP) is 1.26. The Morgan fingerprint density at radius 2 is 2.09 bits per heavy atom. The van der Waals surface area contributed by atoms with Crippen molar-refractivity contribution in [3.8, 4) is 0 Å². The van der Waals surface area contributed by atoms with Crippen LogP contribution in [0.2, 0.25) is 0 Å². The van der Waals surface area contributed by atoms with E-state index in [1.165, 1.54) is 0 Å². The van der Waals surface area contributed by atoms with Crippen LogP contribution in [0.1, 0.15) is 33.1 Å². The van der Waals surface area contributed by atoms with E-state index in [9.17, 15) is 4.79 Å². The average molecular weight is 160 g/mol. The third kappa shape index (κ3) is 4.79. The van der Waals surface area contributed by atoms with Crippen LogP contribution in [0.15, 0.2) is 0 Å². The second kappa shape index (κ2) is 5.13. The van der Waals surface area contributed by atoms with Gasteiger partial charge in [-0.05, 0) is 19.8 Å². The maximum Gasteiger partial charge on any atom is 0.306 e. The fourth-order valence-electron chi connectivity index (χ4n) is 1.10. The minimum Gasteiger partial charge on any atom is -0.481 e. The smallest absolute Gasteiger partial charge is 0.306 e. The molecule has 0 spiro atoms. The maximum atomic E-state index is 10.5. The van der Waals surface area contributed by atoms with Crippen LogP contribution in [-0.4, -0.2) is 22.3 Å². The van der Waals surface area contributed by atoms with Crippen molar-refractivity contribution in [3.63, 3.8) is 0 Å². The van der Waals surface area contributed by atoms with Gasteiger partial charge in [-0.3, -0.25) is 4.79 Å². The number of hydrogen-bond donors (Lipinski definition) is 2. The van der Waals surface area contributed by atoms with Crippen LogP contribution in [0.4, 0.5) is 0 Å². The van der Waals surface area contributed by atoms with E-state index < -0.39 is 12.1 Å². The van der Waals surface area contributed by atoms with Gasteiger partial charge in [0.05, 0.1) is 12.0 Å². The molecule has 0 aromatic rings. The molecule has 0 rings (SSSR count). The molecule has 0 aromatic heterocycles. The zero-order valence-corrected chi connectivity index (χ0v) is 7.08. The number of aliphatic carboxylic acids is 1. The Labute approximate surface area is 67.0 Å².